The molecule has 6 rings (SSSR count). The van der Waals surface area contributed by atoms with E-state index in [0.717, 1.165) is 4.57 Å². The molecule has 0 saturated heterocycles. The number of benzene rings is 1. The Morgan fingerprint density at radius 1 is 1.34 bits per heavy atom. The Balaban J connectivity index is 1.68. The normalized spacial score (nSPS) is 26.3. The van der Waals surface area contributed by atoms with Crippen molar-refractivity contribution in [1.82, 2.24) is 14.5 Å². The van der Waals surface area contributed by atoms with Crippen molar-refractivity contribution in [2.75, 3.05) is 5.32 Å². The second kappa shape index (κ2) is 6.75. The molecule has 32 heavy (non-hydrogen) atoms. The molecule has 3 aliphatic rings. The van der Waals surface area contributed by atoms with Gasteiger partial charge in [-0.3, -0.25) is 9.36 Å². The van der Waals surface area contributed by atoms with E-state index in [4.69, 9.17) is 15.7 Å². The zero-order valence-electron chi connectivity index (χ0n) is 20.4. The molecule has 3 saturated carbocycles. The maximum atomic E-state index is 14.3. The SMILES string of the molecule is [2H]C([2H])([2H])n1c(C23CC(F)(C2)C3)nc2c([C@@H](C)Nc3ccc(Cl)nc3C(=O)O)cc(C)cc2c1=O. The maximum Gasteiger partial charge on any atom is 0.356 e. The molecule has 1 aromatic carbocycles. The van der Waals surface area contributed by atoms with Crippen LogP contribution in [0.1, 0.15) is 63.8 Å². The van der Waals surface area contributed by atoms with Gasteiger partial charge < -0.3 is 10.4 Å². The number of carboxylic acids is 1. The fourth-order valence-corrected chi connectivity index (χ4v) is 5.23. The molecule has 3 aromatic rings. The molecule has 3 fully saturated rings. The number of hydrogen-bond donors (Lipinski definition) is 2. The molecule has 3 aliphatic carbocycles. The number of aryl methyl sites for hydroxylation is 1. The van der Waals surface area contributed by atoms with E-state index < -0.39 is 35.6 Å². The van der Waals surface area contributed by atoms with E-state index in [2.05, 4.69) is 15.3 Å². The molecule has 166 valence electrons. The lowest BCUT2D eigenvalue weighted by molar-refractivity contribution is -0.163. The van der Waals surface area contributed by atoms with Crippen LogP contribution in [0.5, 0.6) is 0 Å². The summed E-state index contributed by atoms with van der Waals surface area (Å²) in [4.78, 5) is 33.7. The largest absolute Gasteiger partial charge is 0.476 e. The summed E-state index contributed by atoms with van der Waals surface area (Å²) in [6.07, 6.45) is 0.421. The third-order valence-electron chi connectivity index (χ3n) is 6.49. The Morgan fingerprint density at radius 3 is 2.69 bits per heavy atom. The first-order chi connectivity index (χ1) is 16.2. The highest BCUT2D eigenvalue weighted by atomic mass is 35.5. The van der Waals surface area contributed by atoms with E-state index in [1.54, 1.807) is 26.0 Å². The van der Waals surface area contributed by atoms with Crippen LogP contribution in [0.4, 0.5) is 10.1 Å². The number of rotatable bonds is 5. The molecule has 7 nitrogen and oxygen atoms in total. The van der Waals surface area contributed by atoms with Crippen LogP contribution in [-0.2, 0) is 12.4 Å². The first kappa shape index (κ1) is 17.5. The van der Waals surface area contributed by atoms with Gasteiger partial charge >= 0.3 is 5.97 Å². The van der Waals surface area contributed by atoms with Gasteiger partial charge in [0.2, 0.25) is 0 Å². The quantitative estimate of drug-likeness (QED) is 0.552. The summed E-state index contributed by atoms with van der Waals surface area (Å²) in [6, 6.07) is 5.80. The van der Waals surface area contributed by atoms with Gasteiger partial charge in [-0.05, 0) is 56.9 Å². The summed E-state index contributed by atoms with van der Waals surface area (Å²) >= 11 is 5.85. The second-order valence-corrected chi connectivity index (χ2v) is 9.38. The Morgan fingerprint density at radius 2 is 2.06 bits per heavy atom. The fourth-order valence-electron chi connectivity index (χ4n) is 5.08. The van der Waals surface area contributed by atoms with Gasteiger partial charge in [0.05, 0.1) is 22.6 Å². The Labute approximate surface area is 192 Å². The van der Waals surface area contributed by atoms with Crippen molar-refractivity contribution in [3.8, 4) is 0 Å². The predicted octanol–water partition coefficient (Wildman–Crippen LogP) is 4.31. The third kappa shape index (κ3) is 3.00. The fraction of sp³-hybridized carbons (Fsp3) is 0.391. The van der Waals surface area contributed by atoms with Crippen LogP contribution in [0.25, 0.3) is 10.9 Å². The molecule has 0 amide bonds. The lowest BCUT2D eigenvalue weighted by Crippen LogP contribution is -2.68. The number of aromatic nitrogens is 3. The van der Waals surface area contributed by atoms with E-state index in [9.17, 15) is 19.1 Å². The molecule has 2 aromatic heterocycles. The minimum atomic E-state index is -2.77. The summed E-state index contributed by atoms with van der Waals surface area (Å²) in [5, 5.41) is 12.8. The van der Waals surface area contributed by atoms with Crippen molar-refractivity contribution < 1.29 is 18.4 Å². The van der Waals surface area contributed by atoms with E-state index in [-0.39, 0.29) is 47.0 Å². The average molecular weight is 460 g/mol. The van der Waals surface area contributed by atoms with Gasteiger partial charge in [-0.2, -0.15) is 0 Å². The molecular formula is C23H22ClFN4O3. The summed E-state index contributed by atoms with van der Waals surface area (Å²) in [5.74, 6) is -1.19. The highest BCUT2D eigenvalue weighted by Gasteiger charge is 2.71. The number of anilines is 1. The van der Waals surface area contributed by atoms with Gasteiger partial charge in [-0.1, -0.05) is 17.7 Å². The van der Waals surface area contributed by atoms with Crippen molar-refractivity contribution in [2.24, 2.45) is 6.98 Å². The van der Waals surface area contributed by atoms with Gasteiger partial charge in [0.1, 0.15) is 16.6 Å². The lowest BCUT2D eigenvalue weighted by atomic mass is 9.42. The number of alkyl halides is 1. The lowest BCUT2D eigenvalue weighted by Gasteiger charge is -2.65. The van der Waals surface area contributed by atoms with Crippen LogP contribution in [0, 0.1) is 6.92 Å². The van der Waals surface area contributed by atoms with Crippen LogP contribution in [0.15, 0.2) is 29.1 Å². The number of fused-ring (bicyclic) bond motifs is 1. The summed E-state index contributed by atoms with van der Waals surface area (Å²) in [5.41, 5.74) is -1.26. The van der Waals surface area contributed by atoms with Crippen LogP contribution in [0.2, 0.25) is 5.15 Å². The molecule has 0 radical (unpaired) electrons. The molecule has 2 heterocycles. The molecule has 2 bridgehead atoms. The zero-order chi connectivity index (χ0) is 25.5. The van der Waals surface area contributed by atoms with Crippen molar-refractivity contribution in [3.05, 3.63) is 62.4 Å². The van der Waals surface area contributed by atoms with Gasteiger partial charge in [-0.15, -0.1) is 0 Å². The first-order valence-electron chi connectivity index (χ1n) is 11.7. The summed E-state index contributed by atoms with van der Waals surface area (Å²) in [7, 11) is 0. The Hall–Kier alpha value is -3.00. The highest BCUT2D eigenvalue weighted by molar-refractivity contribution is 6.29. The number of aromatic carboxylic acids is 1. The molecule has 9 heteroatoms. The molecular weight excluding hydrogens is 435 g/mol. The average Bonchev–Trinajstić information content (AvgIpc) is 2.70. The molecule has 0 spiro atoms. The summed E-state index contributed by atoms with van der Waals surface area (Å²) < 4.78 is 39.0. The zero-order valence-corrected chi connectivity index (χ0v) is 18.1. The minimum absolute atomic E-state index is 0.0299. The predicted molar refractivity (Wildman–Crippen MR) is 119 cm³/mol. The maximum absolute atomic E-state index is 14.3. The Bertz CT molecular complexity index is 1450. The van der Waals surface area contributed by atoms with Crippen molar-refractivity contribution in [3.63, 3.8) is 0 Å². The van der Waals surface area contributed by atoms with Gasteiger partial charge in [0.25, 0.3) is 5.56 Å². The minimum Gasteiger partial charge on any atom is -0.476 e. The molecule has 0 unspecified atom stereocenters. The standard InChI is InChI=1S/C23H22ClFN4O3/c1-11-6-13(12(2)26-15-4-5-16(24)27-18(15)20(31)32)17-14(7-11)19(30)29(3)21(28-17)22-8-23(25,9-22)10-22/h4-7,12,26H,8-10H2,1-3H3,(H,31,32)/t12-,22?,23?/m1/s1/i3D3. The summed E-state index contributed by atoms with van der Waals surface area (Å²) in [6.45, 7) is 0.761. The van der Waals surface area contributed by atoms with Gasteiger partial charge in [-0.25, -0.2) is 19.2 Å². The smallest absolute Gasteiger partial charge is 0.356 e. The van der Waals surface area contributed by atoms with Crippen LogP contribution in [-0.4, -0.2) is 31.3 Å². The molecule has 1 atom stereocenters. The van der Waals surface area contributed by atoms with E-state index in [1.165, 1.54) is 12.1 Å². The first-order valence-corrected chi connectivity index (χ1v) is 10.5. The van der Waals surface area contributed by atoms with Crippen molar-refractivity contribution >= 4 is 34.2 Å². The second-order valence-electron chi connectivity index (χ2n) is 8.99. The third-order valence-corrected chi connectivity index (χ3v) is 6.70. The van der Waals surface area contributed by atoms with Crippen LogP contribution in [0.3, 0.4) is 0 Å². The number of nitrogens with zero attached hydrogens (tertiary/aromatic N) is 3. The number of pyridine rings is 1. The molecule has 0 aliphatic heterocycles. The van der Waals surface area contributed by atoms with Gasteiger partial charge in [0.15, 0.2) is 5.69 Å². The molecule has 2 N–H and O–H groups in total. The topological polar surface area (TPSA) is 97.1 Å². The number of carboxylic acid groups (broad SMARTS) is 1. The number of hydrogen-bond acceptors (Lipinski definition) is 5. The van der Waals surface area contributed by atoms with Gasteiger partial charge in [0, 0.05) is 22.1 Å². The number of nitrogens with one attached hydrogen (secondary N) is 1. The number of carbonyl (C=O) groups is 1. The van der Waals surface area contributed by atoms with Crippen LogP contribution >= 0.6 is 11.6 Å². The van der Waals surface area contributed by atoms with Crippen LogP contribution < -0.4 is 10.9 Å². The Kier molecular flexibility index (Phi) is 3.70. The van der Waals surface area contributed by atoms with E-state index in [1.807, 2.05) is 0 Å². The number of halogens is 2. The van der Waals surface area contributed by atoms with Crippen molar-refractivity contribution in [1.29, 1.82) is 0 Å². The monoisotopic (exact) mass is 459 g/mol. The van der Waals surface area contributed by atoms with E-state index >= 15 is 0 Å². The highest BCUT2D eigenvalue weighted by Crippen LogP contribution is 2.69. The van der Waals surface area contributed by atoms with Crippen molar-refractivity contribution in [2.45, 2.75) is 50.2 Å². The van der Waals surface area contributed by atoms with E-state index in [0.29, 0.717) is 16.6 Å².